The topological polar surface area (TPSA) is 33.1 Å². The predicted molar refractivity (Wildman–Crippen MR) is 103 cm³/mol. The molecule has 0 saturated carbocycles. The predicted octanol–water partition coefficient (Wildman–Crippen LogP) is 3.60. The second-order valence-electron chi connectivity index (χ2n) is 6.86. The van der Waals surface area contributed by atoms with Gasteiger partial charge in [0.15, 0.2) is 0 Å². The molecule has 0 atom stereocenters. The van der Waals surface area contributed by atoms with Gasteiger partial charge in [0.2, 0.25) is 0 Å². The molecule has 0 spiro atoms. The molecule has 0 bridgehead atoms. The van der Waals surface area contributed by atoms with Gasteiger partial charge in [-0.1, -0.05) is 31.2 Å². The normalized spacial score (nSPS) is 16.5. The molecule has 1 fully saturated rings. The van der Waals surface area contributed by atoms with E-state index in [1.807, 2.05) is 18.5 Å². The van der Waals surface area contributed by atoms with Gasteiger partial charge in [-0.15, -0.1) is 0 Å². The standard InChI is InChI=1S/C21H26N4/c1-2-24-13-11-18(12-14-24)22-15-17-7-9-19(10-8-17)25-16-23-20-5-3-4-6-21(20)25/h3-10,16,18,22H,2,11-15H2,1H3. The van der Waals surface area contributed by atoms with Crippen LogP contribution in [0.2, 0.25) is 0 Å². The third-order valence-corrected chi connectivity index (χ3v) is 5.30. The van der Waals surface area contributed by atoms with Gasteiger partial charge in [-0.05, 0) is 62.3 Å². The minimum atomic E-state index is 0.653. The molecule has 0 amide bonds. The average Bonchev–Trinajstić information content (AvgIpc) is 3.11. The highest BCUT2D eigenvalue weighted by Crippen LogP contribution is 2.18. The lowest BCUT2D eigenvalue weighted by Crippen LogP contribution is -2.42. The molecule has 1 aliphatic rings. The number of aromatic nitrogens is 2. The van der Waals surface area contributed by atoms with E-state index < -0.39 is 0 Å². The maximum absolute atomic E-state index is 4.47. The Kier molecular flexibility index (Phi) is 4.81. The van der Waals surface area contributed by atoms with E-state index in [4.69, 9.17) is 0 Å². The number of imidazole rings is 1. The summed E-state index contributed by atoms with van der Waals surface area (Å²) in [5.74, 6) is 0. The van der Waals surface area contributed by atoms with E-state index in [9.17, 15) is 0 Å². The number of hydrogen-bond donors (Lipinski definition) is 1. The lowest BCUT2D eigenvalue weighted by Gasteiger charge is -2.31. The Morgan fingerprint density at radius 3 is 2.56 bits per heavy atom. The van der Waals surface area contributed by atoms with Crippen LogP contribution in [-0.4, -0.2) is 40.1 Å². The summed E-state index contributed by atoms with van der Waals surface area (Å²) in [6.45, 7) is 6.82. The SMILES string of the molecule is CCN1CCC(NCc2ccc(-n3cnc4ccccc43)cc2)CC1. The van der Waals surface area contributed by atoms with Gasteiger partial charge in [-0.2, -0.15) is 0 Å². The second kappa shape index (κ2) is 7.38. The van der Waals surface area contributed by atoms with E-state index in [0.717, 1.165) is 23.3 Å². The highest BCUT2D eigenvalue weighted by Gasteiger charge is 2.17. The van der Waals surface area contributed by atoms with Gasteiger partial charge in [0.05, 0.1) is 11.0 Å². The molecule has 1 N–H and O–H groups in total. The van der Waals surface area contributed by atoms with Crippen molar-refractivity contribution in [1.82, 2.24) is 19.8 Å². The van der Waals surface area contributed by atoms with Crippen LogP contribution in [0, 0.1) is 0 Å². The van der Waals surface area contributed by atoms with Crippen LogP contribution in [0.25, 0.3) is 16.7 Å². The van der Waals surface area contributed by atoms with Crippen LogP contribution in [-0.2, 0) is 6.54 Å². The second-order valence-corrected chi connectivity index (χ2v) is 6.86. The molecular weight excluding hydrogens is 308 g/mol. The van der Waals surface area contributed by atoms with Gasteiger partial charge in [0.1, 0.15) is 6.33 Å². The number of nitrogens with one attached hydrogen (secondary N) is 1. The van der Waals surface area contributed by atoms with Gasteiger partial charge >= 0.3 is 0 Å². The van der Waals surface area contributed by atoms with E-state index in [-0.39, 0.29) is 0 Å². The molecule has 0 radical (unpaired) electrons. The molecule has 2 heterocycles. The smallest absolute Gasteiger partial charge is 0.100 e. The number of nitrogens with zero attached hydrogens (tertiary/aromatic N) is 3. The number of benzene rings is 2. The van der Waals surface area contributed by atoms with Crippen molar-refractivity contribution < 1.29 is 0 Å². The third kappa shape index (κ3) is 3.60. The average molecular weight is 334 g/mol. The van der Waals surface area contributed by atoms with E-state index in [0.29, 0.717) is 6.04 Å². The summed E-state index contributed by atoms with van der Waals surface area (Å²) in [6, 6.07) is 17.7. The van der Waals surface area contributed by atoms with Crippen LogP contribution in [0.4, 0.5) is 0 Å². The lowest BCUT2D eigenvalue weighted by atomic mass is 10.0. The summed E-state index contributed by atoms with van der Waals surface area (Å²) >= 11 is 0. The Bertz CT molecular complexity index is 813. The monoisotopic (exact) mass is 334 g/mol. The summed E-state index contributed by atoms with van der Waals surface area (Å²) in [5, 5.41) is 3.72. The van der Waals surface area contributed by atoms with Gasteiger partial charge in [0, 0.05) is 18.3 Å². The van der Waals surface area contributed by atoms with E-state index in [1.165, 1.54) is 38.0 Å². The van der Waals surface area contributed by atoms with Crippen LogP contribution in [0.1, 0.15) is 25.3 Å². The molecule has 1 aliphatic heterocycles. The van der Waals surface area contributed by atoms with Gasteiger partial charge in [-0.25, -0.2) is 4.98 Å². The molecule has 4 nitrogen and oxygen atoms in total. The maximum Gasteiger partial charge on any atom is 0.100 e. The summed E-state index contributed by atoms with van der Waals surface area (Å²) < 4.78 is 2.15. The fraction of sp³-hybridized carbons (Fsp3) is 0.381. The lowest BCUT2D eigenvalue weighted by molar-refractivity contribution is 0.206. The van der Waals surface area contributed by atoms with Gasteiger partial charge < -0.3 is 10.2 Å². The quantitative estimate of drug-likeness (QED) is 0.774. The Labute approximate surface area is 149 Å². The van der Waals surface area contributed by atoms with Crippen molar-refractivity contribution >= 4 is 11.0 Å². The van der Waals surface area contributed by atoms with E-state index >= 15 is 0 Å². The summed E-state index contributed by atoms with van der Waals surface area (Å²) in [5.41, 5.74) is 4.68. The molecule has 1 saturated heterocycles. The first kappa shape index (κ1) is 16.3. The Morgan fingerprint density at radius 1 is 1.04 bits per heavy atom. The van der Waals surface area contributed by atoms with Gasteiger partial charge in [-0.3, -0.25) is 4.57 Å². The molecule has 25 heavy (non-hydrogen) atoms. The van der Waals surface area contributed by atoms with Crippen molar-refractivity contribution in [2.45, 2.75) is 32.4 Å². The maximum atomic E-state index is 4.47. The fourth-order valence-electron chi connectivity index (χ4n) is 3.65. The molecule has 1 aromatic heterocycles. The molecule has 130 valence electrons. The van der Waals surface area contributed by atoms with Crippen molar-refractivity contribution in [2.24, 2.45) is 0 Å². The van der Waals surface area contributed by atoms with Crippen molar-refractivity contribution in [2.75, 3.05) is 19.6 Å². The number of para-hydroxylation sites is 2. The Hall–Kier alpha value is -2.17. The number of rotatable bonds is 5. The van der Waals surface area contributed by atoms with Gasteiger partial charge in [0.25, 0.3) is 0 Å². The van der Waals surface area contributed by atoms with Crippen LogP contribution < -0.4 is 5.32 Å². The zero-order chi connectivity index (χ0) is 17.1. The Balaban J connectivity index is 1.39. The van der Waals surface area contributed by atoms with Crippen LogP contribution >= 0.6 is 0 Å². The molecule has 4 heteroatoms. The van der Waals surface area contributed by atoms with Crippen molar-refractivity contribution in [3.8, 4) is 5.69 Å². The number of hydrogen-bond acceptors (Lipinski definition) is 3. The van der Waals surface area contributed by atoms with Crippen molar-refractivity contribution in [1.29, 1.82) is 0 Å². The first-order valence-electron chi connectivity index (χ1n) is 9.30. The molecule has 3 aromatic rings. The Morgan fingerprint density at radius 2 is 1.80 bits per heavy atom. The summed E-state index contributed by atoms with van der Waals surface area (Å²) in [4.78, 5) is 7.00. The van der Waals surface area contributed by atoms with Crippen LogP contribution in [0.15, 0.2) is 54.9 Å². The van der Waals surface area contributed by atoms with Crippen molar-refractivity contribution in [3.63, 3.8) is 0 Å². The zero-order valence-corrected chi connectivity index (χ0v) is 14.9. The first-order valence-corrected chi connectivity index (χ1v) is 9.30. The number of likely N-dealkylation sites (tertiary alicyclic amines) is 1. The van der Waals surface area contributed by atoms with Crippen LogP contribution in [0.5, 0.6) is 0 Å². The van der Waals surface area contributed by atoms with E-state index in [1.54, 1.807) is 0 Å². The third-order valence-electron chi connectivity index (χ3n) is 5.30. The minimum Gasteiger partial charge on any atom is -0.310 e. The molecule has 0 aliphatic carbocycles. The van der Waals surface area contributed by atoms with Crippen LogP contribution in [0.3, 0.4) is 0 Å². The highest BCUT2D eigenvalue weighted by atomic mass is 15.1. The van der Waals surface area contributed by atoms with E-state index in [2.05, 4.69) is 63.1 Å². The first-order chi connectivity index (χ1) is 12.3. The van der Waals surface area contributed by atoms with Crippen molar-refractivity contribution in [3.05, 3.63) is 60.4 Å². The molecule has 2 aromatic carbocycles. The summed E-state index contributed by atoms with van der Waals surface area (Å²) in [7, 11) is 0. The molecule has 4 rings (SSSR count). The largest absolute Gasteiger partial charge is 0.310 e. The zero-order valence-electron chi connectivity index (χ0n) is 14.9. The fourth-order valence-corrected chi connectivity index (χ4v) is 3.65. The molecular formula is C21H26N4. The minimum absolute atomic E-state index is 0.653. The summed E-state index contributed by atoms with van der Waals surface area (Å²) in [6.07, 6.45) is 4.42. The number of fused-ring (bicyclic) bond motifs is 1. The molecule has 0 unspecified atom stereocenters. The number of piperidine rings is 1. The highest BCUT2D eigenvalue weighted by molar-refractivity contribution is 5.77.